The van der Waals surface area contributed by atoms with E-state index >= 15 is 0 Å². The molecule has 0 aliphatic carbocycles. The molecule has 1 aromatic carbocycles. The number of aliphatic carboxylic acids is 1. The lowest BCUT2D eigenvalue weighted by Crippen LogP contribution is -1.86. The molecule has 0 spiro atoms. The van der Waals surface area contributed by atoms with E-state index in [1.54, 1.807) is 12.5 Å². The second kappa shape index (κ2) is 4.45. The van der Waals surface area contributed by atoms with Gasteiger partial charge in [-0.1, -0.05) is 18.2 Å². The van der Waals surface area contributed by atoms with Crippen LogP contribution in [-0.2, 0) is 4.79 Å². The van der Waals surface area contributed by atoms with Crippen LogP contribution in [0.2, 0.25) is 0 Å². The van der Waals surface area contributed by atoms with Crippen molar-refractivity contribution in [1.29, 1.82) is 0 Å². The first-order chi connectivity index (χ1) is 9.24. The number of fused-ring (bicyclic) bond motifs is 1. The topological polar surface area (TPSA) is 79.1 Å². The number of carboxylic acids is 1. The summed E-state index contributed by atoms with van der Waals surface area (Å²) in [6, 6.07) is 7.69. The summed E-state index contributed by atoms with van der Waals surface area (Å²) < 4.78 is 5.45. The number of carbonyl (C=O) groups is 1. The van der Waals surface area contributed by atoms with Gasteiger partial charge in [0.05, 0.1) is 11.9 Å². The first-order valence-electron chi connectivity index (χ1n) is 5.66. The summed E-state index contributed by atoms with van der Waals surface area (Å²) in [5.41, 5.74) is 2.49. The van der Waals surface area contributed by atoms with Crippen molar-refractivity contribution < 1.29 is 14.3 Å². The van der Waals surface area contributed by atoms with E-state index in [1.807, 2.05) is 24.3 Å². The Morgan fingerprint density at radius 3 is 3.05 bits per heavy atom. The van der Waals surface area contributed by atoms with Crippen LogP contribution in [0.3, 0.4) is 0 Å². The van der Waals surface area contributed by atoms with E-state index in [9.17, 15) is 4.79 Å². The SMILES string of the molecule is O=C(O)/C=C/c1ncc(-c2coc3ccccc23)[nH]1. The third kappa shape index (κ3) is 2.13. The minimum atomic E-state index is -1.01. The monoisotopic (exact) mass is 254 g/mol. The lowest BCUT2D eigenvalue weighted by atomic mass is 10.1. The molecule has 3 rings (SSSR count). The number of imidazole rings is 1. The van der Waals surface area contributed by atoms with Gasteiger partial charge in [0.1, 0.15) is 17.7 Å². The van der Waals surface area contributed by atoms with Gasteiger partial charge in [0, 0.05) is 17.0 Å². The van der Waals surface area contributed by atoms with Crippen LogP contribution in [0.15, 0.2) is 47.2 Å². The molecular weight excluding hydrogens is 244 g/mol. The Hall–Kier alpha value is -2.82. The number of H-pyrrole nitrogens is 1. The second-order valence-corrected chi connectivity index (χ2v) is 4.00. The van der Waals surface area contributed by atoms with Crippen molar-refractivity contribution in [3.8, 4) is 11.3 Å². The van der Waals surface area contributed by atoms with E-state index < -0.39 is 5.97 Å². The highest BCUT2D eigenvalue weighted by Gasteiger charge is 2.09. The van der Waals surface area contributed by atoms with Crippen LogP contribution in [0.4, 0.5) is 0 Å². The van der Waals surface area contributed by atoms with Crippen LogP contribution >= 0.6 is 0 Å². The quantitative estimate of drug-likeness (QED) is 0.704. The van der Waals surface area contributed by atoms with E-state index in [0.717, 1.165) is 28.3 Å². The smallest absolute Gasteiger partial charge is 0.328 e. The molecule has 2 heterocycles. The summed E-state index contributed by atoms with van der Waals surface area (Å²) in [7, 11) is 0. The number of carboxylic acid groups (broad SMARTS) is 1. The summed E-state index contributed by atoms with van der Waals surface area (Å²) in [6.07, 6.45) is 5.76. The van der Waals surface area contributed by atoms with Gasteiger partial charge >= 0.3 is 5.97 Å². The number of nitrogens with one attached hydrogen (secondary N) is 1. The Morgan fingerprint density at radius 1 is 1.37 bits per heavy atom. The minimum absolute atomic E-state index is 0.489. The number of hydrogen-bond acceptors (Lipinski definition) is 3. The molecule has 0 aliphatic rings. The van der Waals surface area contributed by atoms with Crippen LogP contribution in [0.5, 0.6) is 0 Å². The Kier molecular flexibility index (Phi) is 2.64. The maximum absolute atomic E-state index is 10.4. The molecule has 5 nitrogen and oxygen atoms in total. The number of nitrogens with zero attached hydrogens (tertiary/aromatic N) is 1. The fraction of sp³-hybridized carbons (Fsp3) is 0. The Balaban J connectivity index is 2.01. The maximum Gasteiger partial charge on any atom is 0.328 e. The van der Waals surface area contributed by atoms with Crippen molar-refractivity contribution in [3.63, 3.8) is 0 Å². The Labute approximate surface area is 108 Å². The summed E-state index contributed by atoms with van der Waals surface area (Å²) in [6.45, 7) is 0. The maximum atomic E-state index is 10.4. The lowest BCUT2D eigenvalue weighted by Gasteiger charge is -1.92. The van der Waals surface area contributed by atoms with Crippen molar-refractivity contribution in [2.75, 3.05) is 0 Å². The highest BCUT2D eigenvalue weighted by Crippen LogP contribution is 2.29. The summed E-state index contributed by atoms with van der Waals surface area (Å²) >= 11 is 0. The molecule has 0 amide bonds. The van der Waals surface area contributed by atoms with E-state index in [2.05, 4.69) is 9.97 Å². The van der Waals surface area contributed by atoms with Crippen molar-refractivity contribution in [2.45, 2.75) is 0 Å². The van der Waals surface area contributed by atoms with Crippen molar-refractivity contribution in [2.24, 2.45) is 0 Å². The number of furan rings is 1. The van der Waals surface area contributed by atoms with Crippen LogP contribution < -0.4 is 0 Å². The molecule has 0 aliphatic heterocycles. The van der Waals surface area contributed by atoms with E-state index in [-0.39, 0.29) is 0 Å². The van der Waals surface area contributed by atoms with Gasteiger partial charge in [0.15, 0.2) is 0 Å². The van der Waals surface area contributed by atoms with Gasteiger partial charge < -0.3 is 14.5 Å². The number of rotatable bonds is 3. The van der Waals surface area contributed by atoms with Crippen molar-refractivity contribution in [1.82, 2.24) is 9.97 Å². The van der Waals surface area contributed by atoms with E-state index in [1.165, 1.54) is 6.08 Å². The number of benzene rings is 1. The number of aromatic amines is 1. The highest BCUT2D eigenvalue weighted by molar-refractivity contribution is 5.93. The standard InChI is InChI=1S/C14H10N2O3/c17-14(18)6-5-13-15-7-11(16-13)10-8-19-12-4-2-1-3-9(10)12/h1-8H,(H,15,16)(H,17,18)/b6-5+. The molecule has 5 heteroatoms. The van der Waals surface area contributed by atoms with Gasteiger partial charge in [-0.3, -0.25) is 0 Å². The third-order valence-electron chi connectivity index (χ3n) is 2.75. The number of para-hydroxylation sites is 1. The molecule has 0 saturated heterocycles. The zero-order valence-corrected chi connectivity index (χ0v) is 9.83. The zero-order chi connectivity index (χ0) is 13.2. The lowest BCUT2D eigenvalue weighted by molar-refractivity contribution is -0.131. The third-order valence-corrected chi connectivity index (χ3v) is 2.75. The molecular formula is C14H10N2O3. The van der Waals surface area contributed by atoms with Crippen molar-refractivity contribution >= 4 is 23.0 Å². The average Bonchev–Trinajstić information content (AvgIpc) is 3.02. The fourth-order valence-electron chi connectivity index (χ4n) is 1.89. The van der Waals surface area contributed by atoms with Gasteiger partial charge in [0.25, 0.3) is 0 Å². The van der Waals surface area contributed by atoms with Gasteiger partial charge in [-0.05, 0) is 12.1 Å². The molecule has 0 fully saturated rings. The molecule has 0 bridgehead atoms. The first kappa shape index (κ1) is 11.3. The van der Waals surface area contributed by atoms with Gasteiger partial charge in [-0.15, -0.1) is 0 Å². The minimum Gasteiger partial charge on any atom is -0.478 e. The van der Waals surface area contributed by atoms with Crippen molar-refractivity contribution in [3.05, 3.63) is 48.6 Å². The molecule has 3 aromatic rings. The zero-order valence-electron chi connectivity index (χ0n) is 9.83. The first-order valence-corrected chi connectivity index (χ1v) is 5.66. The average molecular weight is 254 g/mol. The van der Waals surface area contributed by atoms with Crippen LogP contribution in [0.25, 0.3) is 28.3 Å². The van der Waals surface area contributed by atoms with Gasteiger partial charge in [-0.25, -0.2) is 9.78 Å². The van der Waals surface area contributed by atoms with Gasteiger partial charge in [0.2, 0.25) is 0 Å². The fourth-order valence-corrected chi connectivity index (χ4v) is 1.89. The molecule has 19 heavy (non-hydrogen) atoms. The molecule has 0 radical (unpaired) electrons. The predicted molar refractivity (Wildman–Crippen MR) is 70.5 cm³/mol. The van der Waals surface area contributed by atoms with Gasteiger partial charge in [-0.2, -0.15) is 0 Å². The van der Waals surface area contributed by atoms with E-state index in [0.29, 0.717) is 5.82 Å². The van der Waals surface area contributed by atoms with Crippen LogP contribution in [-0.4, -0.2) is 21.0 Å². The molecule has 0 unspecified atom stereocenters. The largest absolute Gasteiger partial charge is 0.478 e. The molecule has 0 saturated carbocycles. The van der Waals surface area contributed by atoms with Crippen LogP contribution in [0.1, 0.15) is 5.82 Å². The second-order valence-electron chi connectivity index (χ2n) is 4.00. The summed E-state index contributed by atoms with van der Waals surface area (Å²) in [5, 5.41) is 9.55. The predicted octanol–water partition coefficient (Wildman–Crippen LogP) is 2.92. The van der Waals surface area contributed by atoms with Crippen LogP contribution in [0, 0.1) is 0 Å². The molecule has 94 valence electrons. The molecule has 2 aromatic heterocycles. The molecule has 2 N–H and O–H groups in total. The molecule has 0 atom stereocenters. The summed E-state index contributed by atoms with van der Waals surface area (Å²) in [4.78, 5) is 17.6. The summed E-state index contributed by atoms with van der Waals surface area (Å²) in [5.74, 6) is -0.519. The highest BCUT2D eigenvalue weighted by atomic mass is 16.4. The van der Waals surface area contributed by atoms with E-state index in [4.69, 9.17) is 9.52 Å². The normalized spacial score (nSPS) is 11.4. The Bertz CT molecular complexity index is 768. The number of hydrogen-bond donors (Lipinski definition) is 2. The number of aromatic nitrogens is 2. The Morgan fingerprint density at radius 2 is 2.21 bits per heavy atom.